The second-order valence-electron chi connectivity index (χ2n) is 4.35. The van der Waals surface area contributed by atoms with Crippen molar-refractivity contribution >= 4 is 17.7 Å². The molecule has 0 radical (unpaired) electrons. The highest BCUT2D eigenvalue weighted by molar-refractivity contribution is 7.99. The third-order valence-electron chi connectivity index (χ3n) is 2.29. The van der Waals surface area contributed by atoms with E-state index in [9.17, 15) is 18.0 Å². The maximum Gasteiger partial charge on any atom is 0.415 e. The maximum atomic E-state index is 12.4. The van der Waals surface area contributed by atoms with Gasteiger partial charge in [0.05, 0.1) is 0 Å². The number of rotatable bonds is 4. The summed E-state index contributed by atoms with van der Waals surface area (Å²) in [6.07, 6.45) is -2.93. The zero-order valence-corrected chi connectivity index (χ0v) is 10.6. The van der Waals surface area contributed by atoms with Gasteiger partial charge in [0.15, 0.2) is 5.54 Å². The van der Waals surface area contributed by atoms with E-state index in [1.807, 2.05) is 20.1 Å². The van der Waals surface area contributed by atoms with E-state index in [4.69, 9.17) is 5.73 Å². The van der Waals surface area contributed by atoms with Crippen LogP contribution in [0.2, 0.25) is 0 Å². The van der Waals surface area contributed by atoms with Crippen LogP contribution in [0.4, 0.5) is 13.2 Å². The first kappa shape index (κ1) is 15.6. The molecule has 7 heteroatoms. The van der Waals surface area contributed by atoms with Crippen LogP contribution in [0, 0.1) is 0 Å². The van der Waals surface area contributed by atoms with Gasteiger partial charge in [-0.05, 0) is 27.0 Å². The fourth-order valence-electron chi connectivity index (χ4n) is 0.678. The van der Waals surface area contributed by atoms with Crippen LogP contribution < -0.4 is 11.1 Å². The van der Waals surface area contributed by atoms with Crippen molar-refractivity contribution in [2.45, 2.75) is 37.2 Å². The Morgan fingerprint density at radius 1 is 1.31 bits per heavy atom. The lowest BCUT2D eigenvalue weighted by Gasteiger charge is -2.29. The normalized spacial score (nSPS) is 16.8. The molecule has 0 aliphatic heterocycles. The zero-order valence-electron chi connectivity index (χ0n) is 9.73. The second-order valence-corrected chi connectivity index (χ2v) is 5.86. The molecule has 1 atom stereocenters. The minimum Gasteiger partial charge on any atom is -0.353 e. The van der Waals surface area contributed by atoms with Gasteiger partial charge in [-0.15, -0.1) is 0 Å². The van der Waals surface area contributed by atoms with Gasteiger partial charge in [-0.3, -0.25) is 4.79 Å². The first-order chi connectivity index (χ1) is 6.94. The highest BCUT2D eigenvalue weighted by Gasteiger charge is 2.53. The van der Waals surface area contributed by atoms with Gasteiger partial charge in [0, 0.05) is 11.3 Å². The van der Waals surface area contributed by atoms with Crippen molar-refractivity contribution in [1.29, 1.82) is 0 Å². The second kappa shape index (κ2) is 4.83. The summed E-state index contributed by atoms with van der Waals surface area (Å²) < 4.78 is 36.9. The van der Waals surface area contributed by atoms with Crippen LogP contribution in [0.5, 0.6) is 0 Å². The third kappa shape index (κ3) is 3.86. The highest BCUT2D eigenvalue weighted by atomic mass is 32.2. The number of hydrogen-bond acceptors (Lipinski definition) is 3. The van der Waals surface area contributed by atoms with E-state index >= 15 is 0 Å². The van der Waals surface area contributed by atoms with E-state index in [-0.39, 0.29) is 11.3 Å². The largest absolute Gasteiger partial charge is 0.415 e. The standard InChI is InChI=1S/C9H17F3N2OS/c1-7(2,16-4)5-14-6(15)8(3,13)9(10,11)12/h5,13H2,1-4H3,(H,14,15). The fourth-order valence-corrected chi connectivity index (χ4v) is 0.894. The molecule has 0 bridgehead atoms. The van der Waals surface area contributed by atoms with E-state index < -0.39 is 17.6 Å². The number of nitrogens with one attached hydrogen (secondary N) is 1. The number of halogens is 3. The first-order valence-electron chi connectivity index (χ1n) is 4.63. The molecular formula is C9H17F3N2OS. The molecule has 0 spiro atoms. The predicted molar refractivity (Wildman–Crippen MR) is 59.3 cm³/mol. The van der Waals surface area contributed by atoms with Crippen molar-refractivity contribution in [2.75, 3.05) is 12.8 Å². The highest BCUT2D eigenvalue weighted by Crippen LogP contribution is 2.28. The summed E-state index contributed by atoms with van der Waals surface area (Å²) in [4.78, 5) is 11.3. The SMILES string of the molecule is CSC(C)(C)CNC(=O)C(C)(N)C(F)(F)F. The van der Waals surface area contributed by atoms with Gasteiger partial charge in [-0.25, -0.2) is 0 Å². The van der Waals surface area contributed by atoms with Crippen molar-refractivity contribution in [2.24, 2.45) is 5.73 Å². The number of thioether (sulfide) groups is 1. The molecule has 0 fully saturated rings. The quantitative estimate of drug-likeness (QED) is 0.804. The monoisotopic (exact) mass is 258 g/mol. The van der Waals surface area contributed by atoms with E-state index in [0.29, 0.717) is 6.92 Å². The van der Waals surface area contributed by atoms with Crippen LogP contribution in [0.3, 0.4) is 0 Å². The number of alkyl halides is 3. The summed E-state index contributed by atoms with van der Waals surface area (Å²) in [7, 11) is 0. The molecule has 1 unspecified atom stereocenters. The number of carbonyl (C=O) groups is 1. The van der Waals surface area contributed by atoms with Crippen molar-refractivity contribution in [1.82, 2.24) is 5.32 Å². The molecule has 0 aliphatic rings. The Balaban J connectivity index is 4.50. The van der Waals surface area contributed by atoms with E-state index in [0.717, 1.165) is 0 Å². The molecule has 3 N–H and O–H groups in total. The van der Waals surface area contributed by atoms with Gasteiger partial charge in [-0.2, -0.15) is 24.9 Å². The molecule has 96 valence electrons. The molecule has 0 aromatic rings. The zero-order chi connectivity index (χ0) is 13.2. The van der Waals surface area contributed by atoms with Crippen LogP contribution in [0.1, 0.15) is 20.8 Å². The summed E-state index contributed by atoms with van der Waals surface area (Å²) in [6.45, 7) is 4.43. The van der Waals surface area contributed by atoms with Gasteiger partial charge in [0.1, 0.15) is 0 Å². The van der Waals surface area contributed by atoms with Gasteiger partial charge < -0.3 is 11.1 Å². The molecule has 0 saturated carbocycles. The van der Waals surface area contributed by atoms with Crippen LogP contribution in [0.15, 0.2) is 0 Å². The lowest BCUT2D eigenvalue weighted by molar-refractivity contribution is -0.187. The topological polar surface area (TPSA) is 55.1 Å². The van der Waals surface area contributed by atoms with Gasteiger partial charge in [-0.1, -0.05) is 0 Å². The van der Waals surface area contributed by atoms with Crippen LogP contribution in [-0.2, 0) is 4.79 Å². The Kier molecular flexibility index (Phi) is 4.70. The fraction of sp³-hybridized carbons (Fsp3) is 0.889. The molecular weight excluding hydrogens is 241 g/mol. The molecule has 0 heterocycles. The van der Waals surface area contributed by atoms with Crippen molar-refractivity contribution in [3.05, 3.63) is 0 Å². The summed E-state index contributed by atoms with van der Waals surface area (Å²) in [5.74, 6) is -1.21. The van der Waals surface area contributed by atoms with E-state index in [2.05, 4.69) is 5.32 Å². The van der Waals surface area contributed by atoms with Crippen LogP contribution in [0.25, 0.3) is 0 Å². The van der Waals surface area contributed by atoms with E-state index in [1.165, 1.54) is 11.8 Å². The van der Waals surface area contributed by atoms with Crippen molar-refractivity contribution in [3.63, 3.8) is 0 Å². The number of amides is 1. The Bertz CT molecular complexity index is 264. The average molecular weight is 258 g/mol. The number of carbonyl (C=O) groups excluding carboxylic acids is 1. The van der Waals surface area contributed by atoms with E-state index in [1.54, 1.807) is 0 Å². The Morgan fingerprint density at radius 3 is 2.06 bits per heavy atom. The molecule has 0 rings (SSSR count). The number of nitrogens with two attached hydrogens (primary N) is 1. The molecule has 0 saturated heterocycles. The van der Waals surface area contributed by atoms with Gasteiger partial charge in [0.25, 0.3) is 0 Å². The minimum absolute atomic E-state index is 0.135. The Labute approximate surface area is 97.3 Å². The minimum atomic E-state index is -4.75. The lowest BCUT2D eigenvalue weighted by Crippen LogP contribution is -2.62. The van der Waals surface area contributed by atoms with Gasteiger partial charge >= 0.3 is 6.18 Å². The molecule has 0 aromatic carbocycles. The summed E-state index contributed by atoms with van der Waals surface area (Å²) in [5.41, 5.74) is 2.12. The Morgan fingerprint density at radius 2 is 1.75 bits per heavy atom. The summed E-state index contributed by atoms with van der Waals surface area (Å²) in [5, 5.41) is 2.22. The summed E-state index contributed by atoms with van der Waals surface area (Å²) in [6, 6.07) is 0. The third-order valence-corrected chi connectivity index (χ3v) is 3.54. The predicted octanol–water partition coefficient (Wildman–Crippen LogP) is 1.52. The smallest absolute Gasteiger partial charge is 0.353 e. The van der Waals surface area contributed by atoms with Crippen LogP contribution >= 0.6 is 11.8 Å². The molecule has 16 heavy (non-hydrogen) atoms. The molecule has 0 aromatic heterocycles. The van der Waals surface area contributed by atoms with Gasteiger partial charge in [0.2, 0.25) is 5.91 Å². The first-order valence-corrected chi connectivity index (χ1v) is 5.85. The number of hydrogen-bond donors (Lipinski definition) is 2. The van der Waals surface area contributed by atoms with Crippen molar-refractivity contribution < 1.29 is 18.0 Å². The Hall–Kier alpha value is -0.430. The molecule has 3 nitrogen and oxygen atoms in total. The lowest BCUT2D eigenvalue weighted by atomic mass is 10.0. The molecule has 0 aliphatic carbocycles. The molecule has 1 amide bonds. The summed E-state index contributed by atoms with van der Waals surface area (Å²) >= 11 is 1.45. The average Bonchev–Trinajstić information content (AvgIpc) is 2.12. The van der Waals surface area contributed by atoms with Crippen LogP contribution in [-0.4, -0.2) is 35.2 Å². The maximum absolute atomic E-state index is 12.4. The van der Waals surface area contributed by atoms with Crippen molar-refractivity contribution in [3.8, 4) is 0 Å².